The van der Waals surface area contributed by atoms with Crippen LogP contribution in [0.3, 0.4) is 0 Å². The van der Waals surface area contributed by atoms with Crippen molar-refractivity contribution in [3.8, 4) is 22.3 Å². The van der Waals surface area contributed by atoms with E-state index in [1.54, 1.807) is 0 Å². The fourth-order valence-corrected chi connectivity index (χ4v) is 3.93. The first kappa shape index (κ1) is 22.4. The number of fused-ring (bicyclic) bond motifs is 1. The van der Waals surface area contributed by atoms with E-state index in [1.807, 2.05) is 0 Å². The Labute approximate surface area is 192 Å². The van der Waals surface area contributed by atoms with E-state index in [2.05, 4.69) is 100 Å². The van der Waals surface area contributed by atoms with Crippen LogP contribution in [0.5, 0.6) is 0 Å². The molecule has 29 heavy (non-hydrogen) atoms. The molecular formula is C26H25Cl2Zr-. The van der Waals surface area contributed by atoms with Crippen LogP contribution < -0.4 is 0 Å². The summed E-state index contributed by atoms with van der Waals surface area (Å²) in [7, 11) is 9.87. The molecule has 0 aliphatic rings. The molecule has 3 heteroatoms. The molecular weight excluding hydrogens is 474 g/mol. The van der Waals surface area contributed by atoms with E-state index < -0.39 is 20.8 Å². The molecule has 0 saturated carbocycles. The quantitative estimate of drug-likeness (QED) is 0.247. The first-order valence-corrected chi connectivity index (χ1v) is 16.1. The maximum atomic E-state index is 4.93. The molecule has 4 rings (SSSR count). The normalized spacial score (nSPS) is 10.7. The van der Waals surface area contributed by atoms with Crippen LogP contribution in [0.15, 0.2) is 72.8 Å². The van der Waals surface area contributed by atoms with E-state index in [4.69, 9.17) is 17.0 Å². The third kappa shape index (κ3) is 5.26. The Morgan fingerprint density at radius 3 is 2.00 bits per heavy atom. The Hall–Kier alpha value is -1.27. The van der Waals surface area contributed by atoms with Crippen LogP contribution in [0, 0.1) is 13.8 Å². The summed E-state index contributed by atoms with van der Waals surface area (Å²) in [6.07, 6.45) is 0. The zero-order valence-corrected chi connectivity index (χ0v) is 21.2. The van der Waals surface area contributed by atoms with Gasteiger partial charge in [0.25, 0.3) is 0 Å². The number of rotatable bonds is 3. The zero-order valence-electron chi connectivity index (χ0n) is 17.3. The van der Waals surface area contributed by atoms with Crippen LogP contribution in [0.2, 0.25) is 0 Å². The van der Waals surface area contributed by atoms with Crippen LogP contribution in [-0.2, 0) is 20.8 Å². The summed E-state index contributed by atoms with van der Waals surface area (Å²) in [4.78, 5) is 0. The number of hydrogen-bond donors (Lipinski definition) is 0. The molecule has 0 bridgehead atoms. The Bertz CT molecular complexity index is 1070. The maximum absolute atomic E-state index is 4.93. The van der Waals surface area contributed by atoms with Gasteiger partial charge in [-0.3, -0.25) is 0 Å². The van der Waals surface area contributed by atoms with Crippen molar-refractivity contribution < 1.29 is 20.8 Å². The molecule has 0 aliphatic carbocycles. The minimum absolute atomic E-state index is 0.537. The third-order valence-corrected chi connectivity index (χ3v) is 5.17. The van der Waals surface area contributed by atoms with E-state index >= 15 is 0 Å². The van der Waals surface area contributed by atoms with E-state index in [0.717, 1.165) is 0 Å². The summed E-state index contributed by atoms with van der Waals surface area (Å²) in [6.45, 7) is 8.90. The fraction of sp³-hybridized carbons (Fsp3) is 0.192. The van der Waals surface area contributed by atoms with Crippen LogP contribution in [0.1, 0.15) is 36.5 Å². The van der Waals surface area contributed by atoms with Gasteiger partial charge in [-0.05, 0) is 36.5 Å². The molecule has 0 heterocycles. The Morgan fingerprint density at radius 2 is 1.41 bits per heavy atom. The van der Waals surface area contributed by atoms with Crippen LogP contribution in [-0.4, -0.2) is 0 Å². The van der Waals surface area contributed by atoms with Gasteiger partial charge in [0, 0.05) is 0 Å². The van der Waals surface area contributed by atoms with Gasteiger partial charge >= 0.3 is 37.9 Å². The average Bonchev–Trinajstić information content (AvgIpc) is 3.12. The minimum atomic E-state index is -0.826. The molecule has 0 unspecified atom stereocenters. The summed E-state index contributed by atoms with van der Waals surface area (Å²) in [5.74, 6) is 0.537. The molecule has 0 aromatic heterocycles. The molecule has 0 saturated heterocycles. The third-order valence-electron chi connectivity index (χ3n) is 5.17. The second kappa shape index (κ2) is 10.2. The van der Waals surface area contributed by atoms with Gasteiger partial charge in [-0.1, -0.05) is 85.1 Å². The predicted octanol–water partition coefficient (Wildman–Crippen LogP) is 9.01. The average molecular weight is 500 g/mol. The molecule has 0 spiro atoms. The van der Waals surface area contributed by atoms with Crippen molar-refractivity contribution in [3.05, 3.63) is 89.5 Å². The van der Waals surface area contributed by atoms with Crippen LogP contribution in [0.25, 0.3) is 33.0 Å². The van der Waals surface area contributed by atoms with Crippen molar-refractivity contribution in [2.24, 2.45) is 0 Å². The second-order valence-electron chi connectivity index (χ2n) is 7.75. The standard InChI is InChI=1S/C26H25.2ClH.Zr/c1-17(2)22-15-21-10-11-24(20-8-6-5-7-9-20)26(25(21)16-22)23-13-18(3)12-19(4)14-23;;;/h5-17H,1-4H3;2*1H;/q-1;;;+2/p-2. The molecule has 0 amide bonds. The topological polar surface area (TPSA) is 0 Å². The Balaban J connectivity index is 0.000000755. The van der Waals surface area contributed by atoms with Gasteiger partial charge in [0.2, 0.25) is 0 Å². The van der Waals surface area contributed by atoms with Gasteiger partial charge in [0.1, 0.15) is 0 Å². The zero-order chi connectivity index (χ0) is 21.0. The first-order valence-electron chi connectivity index (χ1n) is 9.78. The molecule has 0 radical (unpaired) electrons. The van der Waals surface area contributed by atoms with E-state index in [0.29, 0.717) is 5.92 Å². The summed E-state index contributed by atoms with van der Waals surface area (Å²) < 4.78 is 0. The molecule has 4 aromatic carbocycles. The van der Waals surface area contributed by atoms with Crippen molar-refractivity contribution in [3.63, 3.8) is 0 Å². The second-order valence-corrected chi connectivity index (χ2v) is 11.5. The predicted molar refractivity (Wildman–Crippen MR) is 126 cm³/mol. The molecule has 148 valence electrons. The number of halogens is 2. The van der Waals surface area contributed by atoms with Crippen molar-refractivity contribution in [1.29, 1.82) is 0 Å². The van der Waals surface area contributed by atoms with Crippen molar-refractivity contribution >= 4 is 27.8 Å². The van der Waals surface area contributed by atoms with Gasteiger partial charge in [-0.15, -0.1) is 28.5 Å². The van der Waals surface area contributed by atoms with Crippen LogP contribution >= 0.6 is 17.0 Å². The van der Waals surface area contributed by atoms with Crippen LogP contribution in [0.4, 0.5) is 0 Å². The molecule has 0 atom stereocenters. The van der Waals surface area contributed by atoms with Gasteiger partial charge in [-0.2, -0.15) is 6.07 Å². The number of hydrogen-bond acceptors (Lipinski definition) is 0. The van der Waals surface area contributed by atoms with Gasteiger partial charge in [-0.25, -0.2) is 0 Å². The SMILES string of the molecule is Cc1cc(C)cc(-c2c(-c3ccccc3)ccc3[cH-]c(C(C)C)cc23)c1.[Cl][Zr][Cl]. The van der Waals surface area contributed by atoms with Gasteiger partial charge in [0.05, 0.1) is 0 Å². The summed E-state index contributed by atoms with van der Waals surface area (Å²) >= 11 is -0.826. The van der Waals surface area contributed by atoms with Crippen molar-refractivity contribution in [2.45, 2.75) is 33.6 Å². The van der Waals surface area contributed by atoms with Crippen molar-refractivity contribution in [2.75, 3.05) is 0 Å². The Kier molecular flexibility index (Phi) is 7.86. The molecule has 0 aliphatic heterocycles. The van der Waals surface area contributed by atoms with Gasteiger partial charge < -0.3 is 0 Å². The summed E-state index contributed by atoms with van der Waals surface area (Å²) in [5.41, 5.74) is 9.29. The molecule has 4 aromatic rings. The molecule has 0 N–H and O–H groups in total. The number of benzene rings is 3. The Morgan fingerprint density at radius 1 is 0.793 bits per heavy atom. The molecule has 0 nitrogen and oxygen atoms in total. The molecule has 0 fully saturated rings. The van der Waals surface area contributed by atoms with Gasteiger partial charge in [0.15, 0.2) is 0 Å². The van der Waals surface area contributed by atoms with E-state index in [-0.39, 0.29) is 0 Å². The number of aryl methyl sites for hydroxylation is 2. The van der Waals surface area contributed by atoms with E-state index in [1.165, 1.54) is 49.7 Å². The first-order chi connectivity index (χ1) is 13.9. The summed E-state index contributed by atoms with van der Waals surface area (Å²) in [5, 5.41) is 2.70. The monoisotopic (exact) mass is 497 g/mol. The summed E-state index contributed by atoms with van der Waals surface area (Å²) in [6, 6.07) is 26.9. The fourth-order valence-electron chi connectivity index (χ4n) is 3.93. The van der Waals surface area contributed by atoms with Crippen molar-refractivity contribution in [1.82, 2.24) is 0 Å². The van der Waals surface area contributed by atoms with E-state index in [9.17, 15) is 0 Å².